The van der Waals surface area contributed by atoms with Gasteiger partial charge in [0, 0.05) is 32.7 Å². The zero-order valence-electron chi connectivity index (χ0n) is 19.4. The Balaban J connectivity index is 1.64. The van der Waals surface area contributed by atoms with Crippen molar-refractivity contribution in [1.29, 1.82) is 0 Å². The number of ether oxygens (including phenoxy) is 2. The zero-order chi connectivity index (χ0) is 21.5. The van der Waals surface area contributed by atoms with E-state index in [4.69, 9.17) is 9.47 Å². The maximum atomic E-state index is 10.1. The summed E-state index contributed by atoms with van der Waals surface area (Å²) in [5.74, 6) is 0.863. The molecule has 1 N–H and O–H groups in total. The first-order chi connectivity index (χ1) is 13.5. The van der Waals surface area contributed by atoms with E-state index in [2.05, 4.69) is 63.6 Å². The first-order valence-corrected chi connectivity index (χ1v) is 11.0. The van der Waals surface area contributed by atoms with Gasteiger partial charge in [-0.1, -0.05) is 46.8 Å². The van der Waals surface area contributed by atoms with E-state index in [0.29, 0.717) is 31.8 Å². The normalized spacial score (nSPS) is 18.0. The topological polar surface area (TPSA) is 45.2 Å². The molecule has 1 aliphatic rings. The molecule has 1 saturated heterocycles. The summed E-state index contributed by atoms with van der Waals surface area (Å²) in [4.78, 5) is 4.61. The van der Waals surface area contributed by atoms with Crippen LogP contribution in [-0.2, 0) is 10.2 Å². The summed E-state index contributed by atoms with van der Waals surface area (Å²) in [6.07, 6.45) is 0.688. The molecule has 2 rings (SSSR count). The molecule has 5 nitrogen and oxygen atoms in total. The fourth-order valence-corrected chi connectivity index (χ4v) is 4.25. The third kappa shape index (κ3) is 9.04. The van der Waals surface area contributed by atoms with Crippen molar-refractivity contribution in [3.63, 3.8) is 0 Å². The Kier molecular flexibility index (Phi) is 8.95. The van der Waals surface area contributed by atoms with Crippen molar-refractivity contribution in [3.8, 4) is 5.75 Å². The van der Waals surface area contributed by atoms with E-state index < -0.39 is 6.10 Å². The lowest BCUT2D eigenvalue weighted by Crippen LogP contribution is -2.47. The first kappa shape index (κ1) is 24.1. The lowest BCUT2D eigenvalue weighted by atomic mass is 9.72. The molecule has 0 aromatic heterocycles. The maximum absolute atomic E-state index is 10.1. The molecule has 5 heteroatoms. The third-order valence-electron chi connectivity index (χ3n) is 5.48. The molecule has 0 amide bonds. The van der Waals surface area contributed by atoms with Crippen LogP contribution >= 0.6 is 0 Å². The SMILES string of the molecule is CN1CCN(CC(O)COCCOc2ccc(C(C)(C)CC(C)(C)C)cc2)CC1. The molecular weight excluding hydrogens is 364 g/mol. The molecular formula is C24H42N2O3. The maximum Gasteiger partial charge on any atom is 0.119 e. The molecule has 166 valence electrons. The summed E-state index contributed by atoms with van der Waals surface area (Å²) in [6, 6.07) is 8.42. The molecule has 29 heavy (non-hydrogen) atoms. The van der Waals surface area contributed by atoms with Crippen molar-refractivity contribution >= 4 is 0 Å². The number of aliphatic hydroxyl groups excluding tert-OH is 1. The van der Waals surface area contributed by atoms with E-state index >= 15 is 0 Å². The standard InChI is InChI=1S/C24H42N2O3/c1-23(2,3)19-24(4,5)20-7-9-22(10-8-20)29-16-15-28-18-21(27)17-26-13-11-25(6)12-14-26/h7-10,21,27H,11-19H2,1-6H3. The minimum atomic E-state index is -0.442. The molecule has 1 aromatic rings. The number of hydrogen-bond donors (Lipinski definition) is 1. The molecule has 1 fully saturated rings. The molecule has 0 bridgehead atoms. The van der Waals surface area contributed by atoms with Crippen LogP contribution in [0.2, 0.25) is 0 Å². The fraction of sp³-hybridized carbons (Fsp3) is 0.750. The Morgan fingerprint density at radius 3 is 2.17 bits per heavy atom. The van der Waals surface area contributed by atoms with Crippen LogP contribution in [0.3, 0.4) is 0 Å². The summed E-state index contributed by atoms with van der Waals surface area (Å²) >= 11 is 0. The van der Waals surface area contributed by atoms with Gasteiger partial charge in [-0.3, -0.25) is 4.90 Å². The Morgan fingerprint density at radius 1 is 0.966 bits per heavy atom. The second kappa shape index (κ2) is 10.8. The van der Waals surface area contributed by atoms with E-state index in [-0.39, 0.29) is 5.41 Å². The van der Waals surface area contributed by atoms with Crippen LogP contribution in [0.5, 0.6) is 5.75 Å². The van der Waals surface area contributed by atoms with Gasteiger partial charge in [-0.05, 0) is 42.0 Å². The quantitative estimate of drug-likeness (QED) is 0.604. The highest BCUT2D eigenvalue weighted by Gasteiger charge is 2.27. The number of aliphatic hydroxyl groups is 1. The van der Waals surface area contributed by atoms with Crippen LogP contribution in [0.25, 0.3) is 0 Å². The highest BCUT2D eigenvalue weighted by molar-refractivity contribution is 5.31. The van der Waals surface area contributed by atoms with Gasteiger partial charge in [0.1, 0.15) is 12.4 Å². The second-order valence-corrected chi connectivity index (χ2v) is 10.3. The van der Waals surface area contributed by atoms with E-state index in [1.54, 1.807) is 0 Å². The van der Waals surface area contributed by atoms with Gasteiger partial charge < -0.3 is 19.5 Å². The monoisotopic (exact) mass is 406 g/mol. The summed E-state index contributed by atoms with van der Waals surface area (Å²) in [5.41, 5.74) is 1.77. The number of hydrogen-bond acceptors (Lipinski definition) is 5. The number of β-amino-alcohol motifs (C(OH)–C–C–N with tert-alkyl or cyclic N) is 1. The Labute approximate surface area is 178 Å². The molecule has 0 spiro atoms. The molecule has 0 aliphatic carbocycles. The van der Waals surface area contributed by atoms with E-state index in [0.717, 1.165) is 38.3 Å². The van der Waals surface area contributed by atoms with Crippen molar-refractivity contribution in [2.24, 2.45) is 5.41 Å². The van der Waals surface area contributed by atoms with Gasteiger partial charge in [-0.15, -0.1) is 0 Å². The minimum Gasteiger partial charge on any atom is -0.491 e. The van der Waals surface area contributed by atoms with Gasteiger partial charge in [-0.2, -0.15) is 0 Å². The van der Waals surface area contributed by atoms with Crippen LogP contribution in [0.15, 0.2) is 24.3 Å². The van der Waals surface area contributed by atoms with Crippen LogP contribution in [0, 0.1) is 5.41 Å². The van der Waals surface area contributed by atoms with Gasteiger partial charge in [0.25, 0.3) is 0 Å². The number of benzene rings is 1. The number of rotatable bonds is 10. The van der Waals surface area contributed by atoms with Crippen molar-refractivity contribution in [1.82, 2.24) is 9.80 Å². The average molecular weight is 407 g/mol. The number of piperazine rings is 1. The molecule has 1 aliphatic heterocycles. The predicted octanol–water partition coefficient (Wildman–Crippen LogP) is 3.40. The summed E-state index contributed by atoms with van der Waals surface area (Å²) < 4.78 is 11.4. The van der Waals surface area contributed by atoms with Gasteiger partial charge in [0.2, 0.25) is 0 Å². The van der Waals surface area contributed by atoms with E-state index in [1.807, 2.05) is 12.1 Å². The summed E-state index contributed by atoms with van der Waals surface area (Å²) in [7, 11) is 2.14. The largest absolute Gasteiger partial charge is 0.491 e. The van der Waals surface area contributed by atoms with Crippen LogP contribution in [-0.4, -0.2) is 80.6 Å². The smallest absolute Gasteiger partial charge is 0.119 e. The van der Waals surface area contributed by atoms with Crippen molar-refractivity contribution in [3.05, 3.63) is 29.8 Å². The van der Waals surface area contributed by atoms with Crippen molar-refractivity contribution < 1.29 is 14.6 Å². The zero-order valence-corrected chi connectivity index (χ0v) is 19.4. The van der Waals surface area contributed by atoms with Gasteiger partial charge in [0.15, 0.2) is 0 Å². The molecule has 1 aromatic carbocycles. The lowest BCUT2D eigenvalue weighted by molar-refractivity contribution is 0.00149. The Morgan fingerprint density at radius 2 is 1.59 bits per heavy atom. The molecule has 1 unspecified atom stereocenters. The Hall–Kier alpha value is -1.14. The van der Waals surface area contributed by atoms with E-state index in [9.17, 15) is 5.11 Å². The summed E-state index contributed by atoms with van der Waals surface area (Å²) in [5, 5.41) is 10.1. The molecule has 1 heterocycles. The van der Waals surface area contributed by atoms with Gasteiger partial charge in [0.05, 0.1) is 19.3 Å². The third-order valence-corrected chi connectivity index (χ3v) is 5.48. The lowest BCUT2D eigenvalue weighted by Gasteiger charge is -2.33. The highest BCUT2D eigenvalue weighted by atomic mass is 16.5. The van der Waals surface area contributed by atoms with Crippen LogP contribution in [0.4, 0.5) is 0 Å². The minimum absolute atomic E-state index is 0.139. The first-order valence-electron chi connectivity index (χ1n) is 11.0. The second-order valence-electron chi connectivity index (χ2n) is 10.3. The highest BCUT2D eigenvalue weighted by Crippen LogP contribution is 2.36. The van der Waals surface area contributed by atoms with E-state index in [1.165, 1.54) is 5.56 Å². The van der Waals surface area contributed by atoms with Crippen molar-refractivity contribution in [2.45, 2.75) is 52.6 Å². The Bertz CT molecular complexity index is 587. The average Bonchev–Trinajstić information content (AvgIpc) is 2.62. The van der Waals surface area contributed by atoms with Crippen LogP contribution < -0.4 is 4.74 Å². The molecule has 0 saturated carbocycles. The van der Waals surface area contributed by atoms with Gasteiger partial charge in [-0.25, -0.2) is 0 Å². The van der Waals surface area contributed by atoms with Gasteiger partial charge >= 0.3 is 0 Å². The molecule has 0 radical (unpaired) electrons. The van der Waals surface area contributed by atoms with Crippen LogP contribution in [0.1, 0.15) is 46.6 Å². The molecule has 1 atom stereocenters. The number of likely N-dealkylation sites (N-methyl/N-ethyl adjacent to an activating group) is 1. The number of nitrogens with zero attached hydrogens (tertiary/aromatic N) is 2. The van der Waals surface area contributed by atoms with Crippen molar-refractivity contribution in [2.75, 3.05) is 59.6 Å². The predicted molar refractivity (Wildman–Crippen MR) is 120 cm³/mol. The summed E-state index contributed by atoms with van der Waals surface area (Å²) in [6.45, 7) is 17.6. The fourth-order valence-electron chi connectivity index (χ4n) is 4.25.